The van der Waals surface area contributed by atoms with Crippen LogP contribution in [-0.4, -0.2) is 26.8 Å². The van der Waals surface area contributed by atoms with Crippen LogP contribution in [0.25, 0.3) is 0 Å². The molecule has 0 fully saturated rings. The molecule has 0 N–H and O–H groups in total. The van der Waals surface area contributed by atoms with E-state index in [4.69, 9.17) is 11.6 Å². The van der Waals surface area contributed by atoms with Gasteiger partial charge >= 0.3 is 0 Å². The fourth-order valence-corrected chi connectivity index (χ4v) is 2.04. The van der Waals surface area contributed by atoms with Crippen LogP contribution in [0.2, 0.25) is 5.02 Å². The van der Waals surface area contributed by atoms with E-state index in [-0.39, 0.29) is 17.3 Å². The molecule has 0 aliphatic rings. The second kappa shape index (κ2) is 4.98. The van der Waals surface area contributed by atoms with E-state index in [0.29, 0.717) is 5.02 Å². The minimum absolute atomic E-state index is 0. The highest BCUT2D eigenvalue weighted by Crippen LogP contribution is 2.17. The standard InChI is InChI=1S/C8H10ClNO2S.ClH/c1-10(2)13(11,12)8-5-3-4-7(9)6-8;/h3-6H,1-2H3;1H. The van der Waals surface area contributed by atoms with Crippen molar-refractivity contribution in [3.8, 4) is 0 Å². The normalized spacial score (nSPS) is 11.1. The molecule has 1 aromatic rings. The molecule has 0 aromatic heterocycles. The Morgan fingerprint density at radius 1 is 1.29 bits per heavy atom. The van der Waals surface area contributed by atoms with E-state index in [9.17, 15) is 8.42 Å². The second-order valence-corrected chi connectivity index (χ2v) is 5.33. The van der Waals surface area contributed by atoms with Gasteiger partial charge < -0.3 is 0 Å². The SMILES string of the molecule is CN(C)S(=O)(=O)c1cccc(Cl)c1.Cl. The Labute approximate surface area is 95.1 Å². The molecule has 0 amide bonds. The summed E-state index contributed by atoms with van der Waals surface area (Å²) in [5.41, 5.74) is 0. The molecule has 3 nitrogen and oxygen atoms in total. The zero-order valence-corrected chi connectivity index (χ0v) is 10.2. The van der Waals surface area contributed by atoms with Gasteiger partial charge in [-0.15, -0.1) is 12.4 Å². The van der Waals surface area contributed by atoms with Crippen LogP contribution in [0.15, 0.2) is 29.2 Å². The van der Waals surface area contributed by atoms with Crippen molar-refractivity contribution in [3.05, 3.63) is 29.3 Å². The number of rotatable bonds is 2. The van der Waals surface area contributed by atoms with Crippen LogP contribution in [0.3, 0.4) is 0 Å². The molecule has 0 saturated carbocycles. The molecule has 0 spiro atoms. The molecular weight excluding hydrogens is 245 g/mol. The molecule has 0 saturated heterocycles. The highest BCUT2D eigenvalue weighted by atomic mass is 35.5. The topological polar surface area (TPSA) is 37.4 Å². The quantitative estimate of drug-likeness (QED) is 0.811. The Bertz CT molecular complexity index is 404. The first-order valence-corrected chi connectivity index (χ1v) is 5.44. The van der Waals surface area contributed by atoms with Gasteiger partial charge in [-0.1, -0.05) is 17.7 Å². The summed E-state index contributed by atoms with van der Waals surface area (Å²) in [6, 6.07) is 6.19. The largest absolute Gasteiger partial charge is 0.242 e. The van der Waals surface area contributed by atoms with Crippen molar-refractivity contribution in [3.63, 3.8) is 0 Å². The lowest BCUT2D eigenvalue weighted by Crippen LogP contribution is -2.22. The fraction of sp³-hybridized carbons (Fsp3) is 0.250. The van der Waals surface area contributed by atoms with Crippen LogP contribution in [0.1, 0.15) is 0 Å². The van der Waals surface area contributed by atoms with Gasteiger partial charge in [0.1, 0.15) is 0 Å². The zero-order valence-electron chi connectivity index (χ0n) is 7.77. The lowest BCUT2D eigenvalue weighted by molar-refractivity contribution is 0.521. The van der Waals surface area contributed by atoms with Crippen molar-refractivity contribution < 1.29 is 8.42 Å². The van der Waals surface area contributed by atoms with E-state index in [1.54, 1.807) is 12.1 Å². The van der Waals surface area contributed by atoms with Crippen LogP contribution in [0.4, 0.5) is 0 Å². The van der Waals surface area contributed by atoms with Crippen molar-refractivity contribution in [2.45, 2.75) is 4.90 Å². The van der Waals surface area contributed by atoms with Gasteiger partial charge in [0, 0.05) is 19.1 Å². The molecular formula is C8H11Cl2NO2S. The molecule has 6 heteroatoms. The lowest BCUT2D eigenvalue weighted by atomic mass is 10.4. The van der Waals surface area contributed by atoms with Gasteiger partial charge in [-0.3, -0.25) is 0 Å². The highest BCUT2D eigenvalue weighted by Gasteiger charge is 2.16. The monoisotopic (exact) mass is 255 g/mol. The maximum atomic E-state index is 11.6. The molecule has 80 valence electrons. The van der Waals surface area contributed by atoms with Gasteiger partial charge in [-0.2, -0.15) is 0 Å². The minimum Gasteiger partial charge on any atom is -0.207 e. The van der Waals surface area contributed by atoms with Crippen molar-refractivity contribution in [2.24, 2.45) is 0 Å². The van der Waals surface area contributed by atoms with Gasteiger partial charge in [0.05, 0.1) is 4.90 Å². The maximum Gasteiger partial charge on any atom is 0.242 e. The zero-order chi connectivity index (χ0) is 10.1. The third-order valence-corrected chi connectivity index (χ3v) is 3.62. The minimum atomic E-state index is -3.35. The molecule has 0 heterocycles. The molecule has 1 rings (SSSR count). The van der Waals surface area contributed by atoms with Gasteiger partial charge in [-0.25, -0.2) is 12.7 Å². The molecule has 0 bridgehead atoms. The van der Waals surface area contributed by atoms with Crippen molar-refractivity contribution in [1.29, 1.82) is 0 Å². The summed E-state index contributed by atoms with van der Waals surface area (Å²) >= 11 is 5.67. The number of hydrogen-bond acceptors (Lipinski definition) is 2. The van der Waals surface area contributed by atoms with Gasteiger partial charge in [-0.05, 0) is 18.2 Å². The summed E-state index contributed by atoms with van der Waals surface area (Å²) in [6.07, 6.45) is 0. The van der Waals surface area contributed by atoms with Crippen LogP contribution < -0.4 is 0 Å². The Balaban J connectivity index is 0.00000169. The summed E-state index contributed by atoms with van der Waals surface area (Å²) in [7, 11) is -0.386. The van der Waals surface area contributed by atoms with Gasteiger partial charge in [0.2, 0.25) is 10.0 Å². The lowest BCUT2D eigenvalue weighted by Gasteiger charge is -2.10. The summed E-state index contributed by atoms with van der Waals surface area (Å²) in [4.78, 5) is 0.213. The Morgan fingerprint density at radius 2 is 1.86 bits per heavy atom. The smallest absolute Gasteiger partial charge is 0.207 e. The number of halogens is 2. The highest BCUT2D eigenvalue weighted by molar-refractivity contribution is 7.89. The first-order chi connectivity index (χ1) is 5.94. The van der Waals surface area contributed by atoms with Crippen LogP contribution >= 0.6 is 24.0 Å². The summed E-state index contributed by atoms with van der Waals surface area (Å²) in [5.74, 6) is 0. The molecule has 0 aliphatic heterocycles. The predicted octanol–water partition coefficient (Wildman–Crippen LogP) is 2.01. The van der Waals surface area contributed by atoms with E-state index in [1.165, 1.54) is 26.2 Å². The average Bonchev–Trinajstić information content (AvgIpc) is 2.04. The van der Waals surface area contributed by atoms with Crippen LogP contribution in [0.5, 0.6) is 0 Å². The van der Waals surface area contributed by atoms with Gasteiger partial charge in [0.15, 0.2) is 0 Å². The summed E-state index contributed by atoms with van der Waals surface area (Å²) < 4.78 is 24.3. The average molecular weight is 256 g/mol. The molecule has 0 unspecified atom stereocenters. The first kappa shape index (κ1) is 13.7. The number of nitrogens with zero attached hydrogens (tertiary/aromatic N) is 1. The molecule has 0 aliphatic carbocycles. The maximum absolute atomic E-state index is 11.6. The van der Waals surface area contributed by atoms with E-state index in [0.717, 1.165) is 4.31 Å². The van der Waals surface area contributed by atoms with Gasteiger partial charge in [0.25, 0.3) is 0 Å². The van der Waals surface area contributed by atoms with E-state index in [2.05, 4.69) is 0 Å². The van der Waals surface area contributed by atoms with Crippen LogP contribution in [-0.2, 0) is 10.0 Å². The van der Waals surface area contributed by atoms with Crippen molar-refractivity contribution in [1.82, 2.24) is 4.31 Å². The third kappa shape index (κ3) is 2.85. The number of sulfonamides is 1. The third-order valence-electron chi connectivity index (χ3n) is 1.57. The number of hydrogen-bond donors (Lipinski definition) is 0. The first-order valence-electron chi connectivity index (χ1n) is 3.62. The molecule has 0 radical (unpaired) electrons. The molecule has 1 aromatic carbocycles. The Kier molecular flexibility index (Phi) is 4.88. The Morgan fingerprint density at radius 3 is 2.29 bits per heavy atom. The fourth-order valence-electron chi connectivity index (χ4n) is 0.838. The van der Waals surface area contributed by atoms with E-state index >= 15 is 0 Å². The van der Waals surface area contributed by atoms with E-state index < -0.39 is 10.0 Å². The molecule has 0 atom stereocenters. The predicted molar refractivity (Wildman–Crippen MR) is 59.6 cm³/mol. The number of benzene rings is 1. The summed E-state index contributed by atoms with van der Waals surface area (Å²) in [5, 5.41) is 0.419. The molecule has 14 heavy (non-hydrogen) atoms. The van der Waals surface area contributed by atoms with E-state index in [1.807, 2.05) is 0 Å². The summed E-state index contributed by atoms with van der Waals surface area (Å²) in [6.45, 7) is 0. The Hall–Kier alpha value is -0.290. The van der Waals surface area contributed by atoms with Crippen LogP contribution in [0, 0.1) is 0 Å². The second-order valence-electron chi connectivity index (χ2n) is 2.74. The van der Waals surface area contributed by atoms with Crippen molar-refractivity contribution >= 4 is 34.0 Å². The van der Waals surface area contributed by atoms with Crippen molar-refractivity contribution in [2.75, 3.05) is 14.1 Å².